The first-order valence-electron chi connectivity index (χ1n) is 7.70. The first kappa shape index (κ1) is 15.7. The lowest BCUT2D eigenvalue weighted by atomic mass is 10.1. The zero-order valence-corrected chi connectivity index (χ0v) is 13.8. The second-order valence-corrected chi connectivity index (χ2v) is 8.03. The Morgan fingerprint density at radius 1 is 1.09 bits per heavy atom. The summed E-state index contributed by atoms with van der Waals surface area (Å²) >= 11 is 0. The summed E-state index contributed by atoms with van der Waals surface area (Å²) in [6.07, 6.45) is 1.36. The van der Waals surface area contributed by atoms with Crippen molar-refractivity contribution in [2.45, 2.75) is 19.8 Å². The third-order valence-corrected chi connectivity index (χ3v) is 5.68. The highest BCUT2D eigenvalue weighted by atomic mass is 32.2. The summed E-state index contributed by atoms with van der Waals surface area (Å²) < 4.78 is 23.4. The van der Waals surface area contributed by atoms with Crippen LogP contribution in [0.5, 0.6) is 0 Å². The number of fused-ring (bicyclic) bond motifs is 3. The molecule has 23 heavy (non-hydrogen) atoms. The molecule has 0 saturated heterocycles. The van der Waals surface area contributed by atoms with Crippen molar-refractivity contribution >= 4 is 21.4 Å². The van der Waals surface area contributed by atoms with E-state index in [1.165, 1.54) is 16.7 Å². The standard InChI is InChI=1S/C18H19NO3S/c1-2-9-23(21,22)12-18(20)19-15-7-8-17-14(11-15)10-13-5-3-4-6-16(13)17/h3-8,11H,2,9-10,12H2,1H3,(H,19,20). The van der Waals surface area contributed by atoms with E-state index in [0.29, 0.717) is 12.1 Å². The number of hydrogen-bond donors (Lipinski definition) is 1. The fourth-order valence-electron chi connectivity index (χ4n) is 3.00. The van der Waals surface area contributed by atoms with E-state index in [2.05, 4.69) is 17.4 Å². The van der Waals surface area contributed by atoms with Gasteiger partial charge >= 0.3 is 0 Å². The molecule has 2 aromatic carbocycles. The molecule has 1 amide bonds. The van der Waals surface area contributed by atoms with E-state index in [0.717, 1.165) is 12.0 Å². The van der Waals surface area contributed by atoms with Crippen molar-refractivity contribution in [3.05, 3.63) is 53.6 Å². The highest BCUT2D eigenvalue weighted by molar-refractivity contribution is 7.92. The van der Waals surface area contributed by atoms with Gasteiger partial charge in [-0.25, -0.2) is 8.42 Å². The van der Waals surface area contributed by atoms with E-state index in [1.807, 2.05) is 30.3 Å². The quantitative estimate of drug-likeness (QED) is 0.782. The Morgan fingerprint density at radius 3 is 2.61 bits per heavy atom. The summed E-state index contributed by atoms with van der Waals surface area (Å²) in [7, 11) is -3.32. The lowest BCUT2D eigenvalue weighted by molar-refractivity contribution is -0.113. The highest BCUT2D eigenvalue weighted by Crippen LogP contribution is 2.37. The van der Waals surface area contributed by atoms with Crippen molar-refractivity contribution in [3.8, 4) is 11.1 Å². The number of anilines is 1. The molecule has 0 aliphatic heterocycles. The van der Waals surface area contributed by atoms with Crippen LogP contribution in [0, 0.1) is 0 Å². The monoisotopic (exact) mass is 329 g/mol. The minimum absolute atomic E-state index is 0.0416. The summed E-state index contributed by atoms with van der Waals surface area (Å²) in [6.45, 7) is 1.79. The Labute approximate surface area is 136 Å². The molecule has 0 aromatic heterocycles. The van der Waals surface area contributed by atoms with Gasteiger partial charge in [-0.2, -0.15) is 0 Å². The van der Waals surface area contributed by atoms with Crippen LogP contribution in [-0.2, 0) is 21.1 Å². The van der Waals surface area contributed by atoms with E-state index >= 15 is 0 Å². The van der Waals surface area contributed by atoms with Crippen LogP contribution >= 0.6 is 0 Å². The van der Waals surface area contributed by atoms with Gasteiger partial charge in [0.25, 0.3) is 0 Å². The van der Waals surface area contributed by atoms with Gasteiger partial charge in [-0.15, -0.1) is 0 Å². The van der Waals surface area contributed by atoms with Crippen molar-refractivity contribution in [1.82, 2.24) is 0 Å². The van der Waals surface area contributed by atoms with Gasteiger partial charge in [-0.1, -0.05) is 37.3 Å². The van der Waals surface area contributed by atoms with Crippen molar-refractivity contribution in [1.29, 1.82) is 0 Å². The van der Waals surface area contributed by atoms with Crippen LogP contribution in [0.2, 0.25) is 0 Å². The molecule has 0 radical (unpaired) electrons. The Hall–Kier alpha value is -2.14. The average Bonchev–Trinajstić information content (AvgIpc) is 2.83. The van der Waals surface area contributed by atoms with Crippen LogP contribution in [-0.4, -0.2) is 25.8 Å². The van der Waals surface area contributed by atoms with Crippen LogP contribution in [0.4, 0.5) is 5.69 Å². The maximum atomic E-state index is 11.9. The molecule has 120 valence electrons. The topological polar surface area (TPSA) is 63.2 Å². The number of nitrogens with one attached hydrogen (secondary N) is 1. The Kier molecular flexibility index (Phi) is 4.22. The van der Waals surface area contributed by atoms with Crippen LogP contribution in [0.15, 0.2) is 42.5 Å². The van der Waals surface area contributed by atoms with E-state index in [-0.39, 0.29) is 5.75 Å². The van der Waals surface area contributed by atoms with Gasteiger partial charge in [0, 0.05) is 5.69 Å². The van der Waals surface area contributed by atoms with Gasteiger partial charge in [0.05, 0.1) is 5.75 Å². The molecule has 5 heteroatoms. The largest absolute Gasteiger partial charge is 0.325 e. The van der Waals surface area contributed by atoms with Crippen molar-refractivity contribution in [2.24, 2.45) is 0 Å². The molecular weight excluding hydrogens is 310 g/mol. The maximum absolute atomic E-state index is 11.9. The number of benzene rings is 2. The molecule has 0 heterocycles. The smallest absolute Gasteiger partial charge is 0.239 e. The number of carbonyl (C=O) groups is 1. The molecule has 1 N–H and O–H groups in total. The zero-order valence-electron chi connectivity index (χ0n) is 13.0. The molecule has 4 nitrogen and oxygen atoms in total. The summed E-state index contributed by atoms with van der Waals surface area (Å²) in [5.74, 6) is -0.896. The van der Waals surface area contributed by atoms with Gasteiger partial charge in [-0.05, 0) is 47.2 Å². The van der Waals surface area contributed by atoms with Gasteiger partial charge in [0.2, 0.25) is 5.91 Å². The molecule has 3 rings (SSSR count). The fraction of sp³-hybridized carbons (Fsp3) is 0.278. The number of carbonyl (C=O) groups excluding carboxylic acids is 1. The molecule has 0 unspecified atom stereocenters. The number of hydrogen-bond acceptors (Lipinski definition) is 3. The Balaban J connectivity index is 1.74. The third kappa shape index (κ3) is 3.45. The van der Waals surface area contributed by atoms with Gasteiger partial charge in [0.1, 0.15) is 5.75 Å². The Morgan fingerprint density at radius 2 is 1.83 bits per heavy atom. The maximum Gasteiger partial charge on any atom is 0.239 e. The second-order valence-electron chi connectivity index (χ2n) is 5.85. The lowest BCUT2D eigenvalue weighted by Gasteiger charge is -2.08. The third-order valence-electron chi connectivity index (χ3n) is 3.94. The first-order chi connectivity index (χ1) is 11.0. The van der Waals surface area contributed by atoms with Gasteiger partial charge < -0.3 is 5.32 Å². The summed E-state index contributed by atoms with van der Waals surface area (Å²) in [6, 6.07) is 14.0. The first-order valence-corrected chi connectivity index (χ1v) is 9.52. The number of rotatable bonds is 5. The van der Waals surface area contributed by atoms with Crippen molar-refractivity contribution in [3.63, 3.8) is 0 Å². The number of sulfone groups is 1. The van der Waals surface area contributed by atoms with E-state index in [1.54, 1.807) is 6.92 Å². The van der Waals surface area contributed by atoms with Gasteiger partial charge in [0.15, 0.2) is 9.84 Å². The van der Waals surface area contributed by atoms with Crippen LogP contribution in [0.1, 0.15) is 24.5 Å². The lowest BCUT2D eigenvalue weighted by Crippen LogP contribution is -2.24. The minimum atomic E-state index is -3.32. The van der Waals surface area contributed by atoms with Gasteiger partial charge in [-0.3, -0.25) is 4.79 Å². The van der Waals surface area contributed by atoms with E-state index in [4.69, 9.17) is 0 Å². The average molecular weight is 329 g/mol. The summed E-state index contributed by atoms with van der Waals surface area (Å²) in [5, 5.41) is 2.69. The molecule has 2 aromatic rings. The van der Waals surface area contributed by atoms with Crippen LogP contribution in [0.25, 0.3) is 11.1 Å². The minimum Gasteiger partial charge on any atom is -0.325 e. The summed E-state index contributed by atoms with van der Waals surface area (Å²) in [5.41, 5.74) is 5.48. The molecule has 1 aliphatic carbocycles. The van der Waals surface area contributed by atoms with Crippen molar-refractivity contribution in [2.75, 3.05) is 16.8 Å². The normalized spacial score (nSPS) is 12.6. The van der Waals surface area contributed by atoms with E-state index < -0.39 is 21.5 Å². The number of amides is 1. The summed E-state index contributed by atoms with van der Waals surface area (Å²) in [4.78, 5) is 11.9. The highest BCUT2D eigenvalue weighted by Gasteiger charge is 2.19. The second kappa shape index (κ2) is 6.16. The van der Waals surface area contributed by atoms with Crippen molar-refractivity contribution < 1.29 is 13.2 Å². The van der Waals surface area contributed by atoms with Crippen LogP contribution in [0.3, 0.4) is 0 Å². The zero-order chi connectivity index (χ0) is 16.4. The molecule has 1 aliphatic rings. The molecule has 0 bridgehead atoms. The predicted molar refractivity (Wildman–Crippen MR) is 92.3 cm³/mol. The fourth-order valence-corrected chi connectivity index (χ4v) is 4.24. The molecule has 0 spiro atoms. The Bertz CT molecular complexity index is 856. The van der Waals surface area contributed by atoms with Crippen LogP contribution < -0.4 is 5.32 Å². The molecule has 0 atom stereocenters. The van der Waals surface area contributed by atoms with E-state index in [9.17, 15) is 13.2 Å². The SMILES string of the molecule is CCCS(=O)(=O)CC(=O)Nc1ccc2c(c1)Cc1ccccc1-2. The molecular formula is C18H19NO3S. The predicted octanol–water partition coefficient (Wildman–Crippen LogP) is 3.02. The molecule has 0 saturated carbocycles. The molecule has 0 fully saturated rings.